The second-order valence-electron chi connectivity index (χ2n) is 7.72. The molecule has 0 radical (unpaired) electrons. The van der Waals surface area contributed by atoms with Gasteiger partial charge in [-0.1, -0.05) is 35.2 Å². The highest BCUT2D eigenvalue weighted by Crippen LogP contribution is 2.27. The van der Waals surface area contributed by atoms with Gasteiger partial charge in [-0.25, -0.2) is 17.9 Å². The van der Waals surface area contributed by atoms with Gasteiger partial charge in [-0.15, -0.1) is 0 Å². The molecule has 1 aliphatic heterocycles. The molecule has 2 unspecified atom stereocenters. The molecule has 8 nitrogen and oxygen atoms in total. The van der Waals surface area contributed by atoms with E-state index < -0.39 is 16.1 Å². The van der Waals surface area contributed by atoms with Crippen LogP contribution in [0.2, 0.25) is 0 Å². The average molecular weight is 563 g/mol. The van der Waals surface area contributed by atoms with Gasteiger partial charge in [0.1, 0.15) is 0 Å². The Morgan fingerprint density at radius 1 is 1.20 bits per heavy atom. The number of carbonyl (C=O) groups excluding carboxylic acids is 1. The Labute approximate surface area is 194 Å². The fourth-order valence-corrected chi connectivity index (χ4v) is 6.72. The van der Waals surface area contributed by atoms with E-state index in [0.717, 1.165) is 25.7 Å². The van der Waals surface area contributed by atoms with E-state index in [1.165, 1.54) is 17.4 Å². The SMILES string of the molecule is N#CN1CC(NS(=O)(=O)c2cc(Br)ccc2Br)CC1CNC(=O)NC1CCCCC1. The molecule has 1 aliphatic carbocycles. The number of nitrogens with zero attached hydrogens (tertiary/aromatic N) is 2. The van der Waals surface area contributed by atoms with Gasteiger partial charge in [0.05, 0.1) is 10.9 Å². The molecule has 0 bridgehead atoms. The number of hydrogen-bond acceptors (Lipinski definition) is 5. The van der Waals surface area contributed by atoms with Crippen molar-refractivity contribution in [2.24, 2.45) is 0 Å². The summed E-state index contributed by atoms with van der Waals surface area (Å²) in [5.41, 5.74) is 0. The Morgan fingerprint density at radius 2 is 1.93 bits per heavy atom. The van der Waals surface area contributed by atoms with Crippen LogP contribution in [0.3, 0.4) is 0 Å². The Morgan fingerprint density at radius 3 is 2.63 bits per heavy atom. The number of rotatable bonds is 6. The first-order valence-corrected chi connectivity index (χ1v) is 13.0. The molecule has 11 heteroatoms. The van der Waals surface area contributed by atoms with Crippen LogP contribution >= 0.6 is 31.9 Å². The summed E-state index contributed by atoms with van der Waals surface area (Å²) in [7, 11) is -3.77. The smallest absolute Gasteiger partial charge is 0.315 e. The molecule has 2 atom stereocenters. The van der Waals surface area contributed by atoms with E-state index in [-0.39, 0.29) is 36.1 Å². The molecule has 2 amide bonds. The third-order valence-electron chi connectivity index (χ3n) is 5.49. The number of benzene rings is 1. The van der Waals surface area contributed by atoms with Crippen LogP contribution in [0.5, 0.6) is 0 Å². The summed E-state index contributed by atoms with van der Waals surface area (Å²) in [6.07, 6.45) is 8.01. The number of urea groups is 1. The fourth-order valence-electron chi connectivity index (χ4n) is 3.98. The van der Waals surface area contributed by atoms with E-state index in [0.29, 0.717) is 15.4 Å². The molecule has 0 spiro atoms. The van der Waals surface area contributed by atoms with Crippen molar-refractivity contribution >= 4 is 47.9 Å². The van der Waals surface area contributed by atoms with Crippen LogP contribution in [-0.2, 0) is 10.0 Å². The van der Waals surface area contributed by atoms with Crippen molar-refractivity contribution in [1.29, 1.82) is 5.26 Å². The van der Waals surface area contributed by atoms with E-state index in [9.17, 15) is 18.5 Å². The maximum Gasteiger partial charge on any atom is 0.315 e. The molecular formula is C19H25Br2N5O3S. The summed E-state index contributed by atoms with van der Waals surface area (Å²) < 4.78 is 29.4. The minimum absolute atomic E-state index is 0.133. The second kappa shape index (κ2) is 10.3. The Hall–Kier alpha value is -1.35. The topological polar surface area (TPSA) is 114 Å². The molecule has 1 saturated heterocycles. The van der Waals surface area contributed by atoms with Crippen molar-refractivity contribution in [3.8, 4) is 6.19 Å². The van der Waals surface area contributed by atoms with Crippen molar-refractivity contribution in [3.63, 3.8) is 0 Å². The highest BCUT2D eigenvalue weighted by Gasteiger charge is 2.35. The summed E-state index contributed by atoms with van der Waals surface area (Å²) in [4.78, 5) is 13.8. The largest absolute Gasteiger partial charge is 0.336 e. The van der Waals surface area contributed by atoms with E-state index in [1.807, 2.05) is 0 Å². The van der Waals surface area contributed by atoms with Crippen LogP contribution < -0.4 is 15.4 Å². The van der Waals surface area contributed by atoms with Crippen molar-refractivity contribution < 1.29 is 13.2 Å². The van der Waals surface area contributed by atoms with Crippen LogP contribution in [0, 0.1) is 11.5 Å². The summed E-state index contributed by atoms with van der Waals surface area (Å²) in [6.45, 7) is 0.545. The molecule has 2 aliphatic rings. The predicted molar refractivity (Wildman–Crippen MR) is 120 cm³/mol. The second-order valence-corrected chi connectivity index (χ2v) is 11.2. The number of likely N-dealkylation sites (tertiary alicyclic amines) is 1. The first kappa shape index (κ1) is 23.3. The molecule has 1 aromatic rings. The zero-order chi connectivity index (χ0) is 21.7. The number of amides is 2. The first-order chi connectivity index (χ1) is 14.3. The van der Waals surface area contributed by atoms with Gasteiger partial charge in [0.2, 0.25) is 10.0 Å². The third kappa shape index (κ3) is 6.09. The molecule has 1 saturated carbocycles. The Bertz CT molecular complexity index is 915. The number of halogens is 2. The average Bonchev–Trinajstić information content (AvgIpc) is 3.10. The molecule has 0 aromatic heterocycles. The molecule has 1 heterocycles. The standard InChI is InChI=1S/C19H25Br2N5O3S/c20-13-6-7-17(21)18(8-13)30(28,29)25-15-9-16(26(11-15)12-22)10-23-19(27)24-14-4-2-1-3-5-14/h6-8,14-16,25H,1-5,9-11H2,(H2,23,24,27). The lowest BCUT2D eigenvalue weighted by Crippen LogP contribution is -2.46. The molecule has 164 valence electrons. The molecule has 1 aromatic carbocycles. The maximum atomic E-state index is 12.8. The number of hydrogen-bond donors (Lipinski definition) is 3. The lowest BCUT2D eigenvalue weighted by molar-refractivity contribution is 0.229. The van der Waals surface area contributed by atoms with Gasteiger partial charge in [0, 0.05) is 34.1 Å². The minimum atomic E-state index is -3.77. The third-order valence-corrected chi connectivity index (χ3v) is 8.49. The Balaban J connectivity index is 1.55. The van der Waals surface area contributed by atoms with Gasteiger partial charge in [0.25, 0.3) is 0 Å². The minimum Gasteiger partial charge on any atom is -0.336 e. The van der Waals surface area contributed by atoms with Gasteiger partial charge in [-0.2, -0.15) is 5.26 Å². The van der Waals surface area contributed by atoms with E-state index in [1.54, 1.807) is 12.1 Å². The van der Waals surface area contributed by atoms with Gasteiger partial charge >= 0.3 is 6.03 Å². The highest BCUT2D eigenvalue weighted by atomic mass is 79.9. The molecule has 3 rings (SSSR count). The lowest BCUT2D eigenvalue weighted by atomic mass is 9.96. The van der Waals surface area contributed by atoms with E-state index >= 15 is 0 Å². The Kier molecular flexibility index (Phi) is 8.01. The maximum absolute atomic E-state index is 12.8. The van der Waals surface area contributed by atoms with Crippen molar-refractivity contribution in [3.05, 3.63) is 27.1 Å². The predicted octanol–water partition coefficient (Wildman–Crippen LogP) is 3.05. The van der Waals surface area contributed by atoms with E-state index in [2.05, 4.69) is 53.4 Å². The van der Waals surface area contributed by atoms with Crippen LogP contribution in [-0.4, -0.2) is 50.6 Å². The van der Waals surface area contributed by atoms with Crippen LogP contribution in [0.15, 0.2) is 32.0 Å². The summed E-state index contributed by atoms with van der Waals surface area (Å²) in [6, 6.07) is 4.22. The summed E-state index contributed by atoms with van der Waals surface area (Å²) >= 11 is 6.57. The zero-order valence-corrected chi connectivity index (χ0v) is 20.4. The molecule has 30 heavy (non-hydrogen) atoms. The van der Waals surface area contributed by atoms with Gasteiger partial charge in [-0.05, 0) is 53.4 Å². The van der Waals surface area contributed by atoms with Crippen molar-refractivity contribution in [1.82, 2.24) is 20.3 Å². The van der Waals surface area contributed by atoms with Gasteiger partial charge in [0.15, 0.2) is 6.19 Å². The van der Waals surface area contributed by atoms with Crippen LogP contribution in [0.4, 0.5) is 4.79 Å². The molecular weight excluding hydrogens is 538 g/mol. The van der Waals surface area contributed by atoms with Gasteiger partial charge < -0.3 is 15.5 Å². The number of nitriles is 1. The van der Waals surface area contributed by atoms with Crippen LogP contribution in [0.1, 0.15) is 38.5 Å². The summed E-state index contributed by atoms with van der Waals surface area (Å²) in [5.74, 6) is 0. The van der Waals surface area contributed by atoms with Crippen LogP contribution in [0.25, 0.3) is 0 Å². The monoisotopic (exact) mass is 561 g/mol. The summed E-state index contributed by atoms with van der Waals surface area (Å²) in [5, 5.41) is 15.3. The quantitative estimate of drug-likeness (QED) is 0.461. The molecule has 3 N–H and O–H groups in total. The number of nitrogens with one attached hydrogen (secondary N) is 3. The van der Waals surface area contributed by atoms with Crippen molar-refractivity contribution in [2.45, 2.75) is 61.5 Å². The van der Waals surface area contributed by atoms with Crippen molar-refractivity contribution in [2.75, 3.05) is 13.1 Å². The molecule has 2 fully saturated rings. The fraction of sp³-hybridized carbons (Fsp3) is 0.579. The number of sulfonamides is 1. The normalized spacial score (nSPS) is 22.5. The lowest BCUT2D eigenvalue weighted by Gasteiger charge is -2.24. The zero-order valence-electron chi connectivity index (χ0n) is 16.4. The van der Waals surface area contributed by atoms with E-state index in [4.69, 9.17) is 0 Å². The number of carbonyl (C=O) groups is 1. The van der Waals surface area contributed by atoms with Gasteiger partial charge in [-0.3, -0.25) is 0 Å². The highest BCUT2D eigenvalue weighted by molar-refractivity contribution is 9.11. The first-order valence-electron chi connectivity index (χ1n) is 9.96.